The zero-order valence-corrected chi connectivity index (χ0v) is 11.4. The van der Waals surface area contributed by atoms with Crippen LogP contribution in [0.2, 0.25) is 0 Å². The number of benzene rings is 2. The van der Waals surface area contributed by atoms with Gasteiger partial charge in [0.05, 0.1) is 23.8 Å². The molecule has 1 N–H and O–H groups in total. The zero-order valence-electron chi connectivity index (χ0n) is 11.4. The molecule has 3 rings (SSSR count). The molecule has 0 aliphatic heterocycles. The average Bonchev–Trinajstić information content (AvgIpc) is 2.88. The average molecular weight is 303 g/mol. The molecule has 7 nitrogen and oxygen atoms in total. The third-order valence-electron chi connectivity index (χ3n) is 2.99. The van der Waals surface area contributed by atoms with Crippen molar-refractivity contribution in [2.45, 2.75) is 0 Å². The topological polar surface area (TPSA) is 90.4 Å². The molecule has 1 heterocycles. The number of nitrogens with zero attached hydrogens (tertiary/aromatic N) is 2. The fraction of sp³-hybridized carbons (Fsp3) is 0.0714. The second-order valence-corrected chi connectivity index (χ2v) is 4.40. The summed E-state index contributed by atoms with van der Waals surface area (Å²) in [5, 5.41) is 13.6. The molecule has 0 bridgehead atoms. The van der Waals surface area contributed by atoms with Crippen LogP contribution in [0.1, 0.15) is 0 Å². The number of oxazole rings is 1. The van der Waals surface area contributed by atoms with Crippen molar-refractivity contribution in [1.29, 1.82) is 0 Å². The molecule has 0 spiro atoms. The highest BCUT2D eigenvalue weighted by Gasteiger charge is 2.14. The summed E-state index contributed by atoms with van der Waals surface area (Å²) in [6, 6.07) is 8.20. The molecule has 22 heavy (non-hydrogen) atoms. The Bertz CT molecular complexity index is 862. The minimum atomic E-state index is -0.519. The van der Waals surface area contributed by atoms with E-state index in [9.17, 15) is 14.5 Å². The van der Waals surface area contributed by atoms with Crippen LogP contribution >= 0.6 is 0 Å². The Labute approximate surface area is 123 Å². The van der Waals surface area contributed by atoms with Gasteiger partial charge in [-0.25, -0.2) is 4.39 Å². The van der Waals surface area contributed by atoms with E-state index in [0.717, 1.165) is 0 Å². The Morgan fingerprint density at radius 3 is 2.86 bits per heavy atom. The summed E-state index contributed by atoms with van der Waals surface area (Å²) in [4.78, 5) is 14.3. The standard InChI is InChI=1S/C14H10FN3O4/c1-21-13-7-9(18(19)20)3-4-10(13)16-14-17-11-6-8(15)2-5-12(11)22-14/h2-7H,1H3,(H,16,17). The normalized spacial score (nSPS) is 10.6. The highest BCUT2D eigenvalue weighted by molar-refractivity contribution is 5.76. The molecule has 0 aliphatic carbocycles. The largest absolute Gasteiger partial charge is 0.494 e. The van der Waals surface area contributed by atoms with Gasteiger partial charge < -0.3 is 14.5 Å². The molecule has 0 saturated carbocycles. The highest BCUT2D eigenvalue weighted by Crippen LogP contribution is 2.32. The molecule has 112 valence electrons. The fourth-order valence-corrected chi connectivity index (χ4v) is 1.97. The Hall–Kier alpha value is -3.16. The van der Waals surface area contributed by atoms with Crippen molar-refractivity contribution in [2.75, 3.05) is 12.4 Å². The van der Waals surface area contributed by atoms with E-state index in [2.05, 4.69) is 10.3 Å². The molecule has 1 aromatic heterocycles. The number of nitrogens with one attached hydrogen (secondary N) is 1. The lowest BCUT2D eigenvalue weighted by atomic mass is 10.2. The molecule has 0 amide bonds. The van der Waals surface area contributed by atoms with Crippen molar-refractivity contribution >= 4 is 28.5 Å². The number of ether oxygens (including phenoxy) is 1. The number of methoxy groups -OCH3 is 1. The van der Waals surface area contributed by atoms with Crippen molar-refractivity contribution in [3.8, 4) is 5.75 Å². The number of hydrogen-bond acceptors (Lipinski definition) is 6. The van der Waals surface area contributed by atoms with Crippen LogP contribution in [0.25, 0.3) is 11.1 Å². The van der Waals surface area contributed by atoms with Crippen molar-refractivity contribution in [3.63, 3.8) is 0 Å². The lowest BCUT2D eigenvalue weighted by molar-refractivity contribution is -0.384. The van der Waals surface area contributed by atoms with Crippen LogP contribution < -0.4 is 10.1 Å². The second-order valence-electron chi connectivity index (χ2n) is 4.40. The summed E-state index contributed by atoms with van der Waals surface area (Å²) < 4.78 is 23.7. The van der Waals surface area contributed by atoms with Crippen LogP contribution in [0.4, 0.5) is 21.8 Å². The van der Waals surface area contributed by atoms with Crippen LogP contribution in [-0.2, 0) is 0 Å². The van der Waals surface area contributed by atoms with E-state index in [0.29, 0.717) is 16.8 Å². The van der Waals surface area contributed by atoms with Crippen LogP contribution in [0.5, 0.6) is 5.75 Å². The third-order valence-corrected chi connectivity index (χ3v) is 2.99. The van der Waals surface area contributed by atoms with Crippen LogP contribution in [-0.4, -0.2) is 17.0 Å². The first-order chi connectivity index (χ1) is 10.6. The molecule has 0 radical (unpaired) electrons. The van der Waals surface area contributed by atoms with Gasteiger partial charge in [0, 0.05) is 12.1 Å². The van der Waals surface area contributed by atoms with Gasteiger partial charge in [-0.2, -0.15) is 4.98 Å². The Morgan fingerprint density at radius 1 is 1.32 bits per heavy atom. The van der Waals surface area contributed by atoms with Gasteiger partial charge in [-0.1, -0.05) is 0 Å². The molecule has 0 fully saturated rings. The summed E-state index contributed by atoms with van der Waals surface area (Å²) in [7, 11) is 1.39. The maximum Gasteiger partial charge on any atom is 0.300 e. The van der Waals surface area contributed by atoms with E-state index >= 15 is 0 Å². The first-order valence-electron chi connectivity index (χ1n) is 6.22. The minimum Gasteiger partial charge on any atom is -0.494 e. The van der Waals surface area contributed by atoms with E-state index in [1.807, 2.05) is 0 Å². The van der Waals surface area contributed by atoms with Gasteiger partial charge in [0.25, 0.3) is 11.7 Å². The summed E-state index contributed by atoms with van der Waals surface area (Å²) >= 11 is 0. The van der Waals surface area contributed by atoms with Crippen molar-refractivity contribution in [1.82, 2.24) is 4.98 Å². The Balaban J connectivity index is 1.95. The van der Waals surface area contributed by atoms with E-state index in [-0.39, 0.29) is 17.5 Å². The fourth-order valence-electron chi connectivity index (χ4n) is 1.97. The molecular weight excluding hydrogens is 293 g/mol. The van der Waals surface area contributed by atoms with Crippen LogP contribution in [0.3, 0.4) is 0 Å². The SMILES string of the molecule is COc1cc([N+](=O)[O-])ccc1Nc1nc2cc(F)ccc2o1. The van der Waals surface area contributed by atoms with Crippen molar-refractivity contribution < 1.29 is 18.5 Å². The molecule has 8 heteroatoms. The molecule has 0 saturated heterocycles. The van der Waals surface area contributed by atoms with Gasteiger partial charge in [-0.15, -0.1) is 0 Å². The predicted octanol–water partition coefficient (Wildman–Crippen LogP) is 3.63. The lowest BCUT2D eigenvalue weighted by Crippen LogP contribution is -1.96. The summed E-state index contributed by atoms with van der Waals surface area (Å²) in [6.45, 7) is 0. The number of non-ortho nitro benzene ring substituents is 1. The quantitative estimate of drug-likeness (QED) is 0.584. The van der Waals surface area contributed by atoms with Gasteiger partial charge in [-0.3, -0.25) is 10.1 Å². The second kappa shape index (κ2) is 5.32. The minimum absolute atomic E-state index is 0.0953. The summed E-state index contributed by atoms with van der Waals surface area (Å²) in [5.41, 5.74) is 1.13. The van der Waals surface area contributed by atoms with Gasteiger partial charge in [0.1, 0.15) is 17.1 Å². The van der Waals surface area contributed by atoms with Crippen molar-refractivity contribution in [3.05, 3.63) is 52.3 Å². The molecule has 0 atom stereocenters. The maximum atomic E-state index is 13.1. The summed E-state index contributed by atoms with van der Waals surface area (Å²) in [6.07, 6.45) is 0. The molecular formula is C14H10FN3O4. The van der Waals surface area contributed by atoms with Gasteiger partial charge in [-0.05, 0) is 18.2 Å². The van der Waals surface area contributed by atoms with Gasteiger partial charge in [0.15, 0.2) is 5.58 Å². The van der Waals surface area contributed by atoms with Crippen molar-refractivity contribution in [2.24, 2.45) is 0 Å². The number of hydrogen-bond donors (Lipinski definition) is 1. The first kappa shape index (κ1) is 13.8. The number of halogens is 1. The van der Waals surface area contributed by atoms with E-state index in [1.54, 1.807) is 0 Å². The summed E-state index contributed by atoms with van der Waals surface area (Å²) in [5.74, 6) is -0.150. The smallest absolute Gasteiger partial charge is 0.300 e. The van der Waals surface area contributed by atoms with E-state index < -0.39 is 10.7 Å². The molecule has 3 aromatic rings. The number of rotatable bonds is 4. The first-order valence-corrected chi connectivity index (χ1v) is 6.22. The third kappa shape index (κ3) is 2.53. The maximum absolute atomic E-state index is 13.1. The molecule has 0 aliphatic rings. The van der Waals surface area contributed by atoms with E-state index in [4.69, 9.17) is 9.15 Å². The zero-order chi connectivity index (χ0) is 15.7. The monoisotopic (exact) mass is 303 g/mol. The predicted molar refractivity (Wildman–Crippen MR) is 76.9 cm³/mol. The number of fused-ring (bicyclic) bond motifs is 1. The number of nitro groups is 1. The Morgan fingerprint density at radius 2 is 2.14 bits per heavy atom. The number of nitro benzene ring substituents is 1. The van der Waals surface area contributed by atoms with Gasteiger partial charge >= 0.3 is 0 Å². The van der Waals surface area contributed by atoms with E-state index in [1.165, 1.54) is 43.5 Å². The molecule has 2 aromatic carbocycles. The number of aromatic nitrogens is 1. The number of anilines is 2. The lowest BCUT2D eigenvalue weighted by Gasteiger charge is -2.07. The van der Waals surface area contributed by atoms with Gasteiger partial charge in [0.2, 0.25) is 0 Å². The van der Waals surface area contributed by atoms with Crippen LogP contribution in [0, 0.1) is 15.9 Å². The Kier molecular flexibility index (Phi) is 3.34. The molecule has 0 unspecified atom stereocenters. The highest BCUT2D eigenvalue weighted by atomic mass is 19.1. The van der Waals surface area contributed by atoms with Crippen LogP contribution in [0.15, 0.2) is 40.8 Å².